The summed E-state index contributed by atoms with van der Waals surface area (Å²) in [6, 6.07) is 6.98. The van der Waals surface area contributed by atoms with Crippen LogP contribution in [0.4, 0.5) is 0 Å². The lowest BCUT2D eigenvalue weighted by Crippen LogP contribution is -2.50. The van der Waals surface area contributed by atoms with Gasteiger partial charge in [0.2, 0.25) is 0 Å². The van der Waals surface area contributed by atoms with Gasteiger partial charge in [-0.1, -0.05) is 41.5 Å². The summed E-state index contributed by atoms with van der Waals surface area (Å²) in [6.07, 6.45) is -0.656. The predicted molar refractivity (Wildman–Crippen MR) is 83.5 cm³/mol. The van der Waals surface area contributed by atoms with E-state index in [0.29, 0.717) is 22.2 Å². The minimum Gasteiger partial charge on any atom is -0.543 e. The van der Waals surface area contributed by atoms with E-state index in [0.717, 1.165) is 5.75 Å². The van der Waals surface area contributed by atoms with Gasteiger partial charge in [0.25, 0.3) is 8.32 Å². The quantitative estimate of drug-likeness (QED) is 0.538. The maximum Gasteiger partial charge on any atom is 0.258 e. The highest BCUT2D eigenvalue weighted by Crippen LogP contribution is 2.42. The molecule has 1 rings (SSSR count). The third-order valence-electron chi connectivity index (χ3n) is 3.97. The number of benzene rings is 1. The molecule has 0 aliphatic rings. The molecule has 0 saturated carbocycles. The van der Waals surface area contributed by atoms with Crippen molar-refractivity contribution in [3.63, 3.8) is 0 Å². The average Bonchev–Trinajstić information content (AvgIpc) is 2.35. The van der Waals surface area contributed by atoms with Crippen LogP contribution in [0, 0.1) is 0 Å². The van der Waals surface area contributed by atoms with E-state index in [-0.39, 0.29) is 0 Å². The van der Waals surface area contributed by atoms with Crippen molar-refractivity contribution in [3.05, 3.63) is 29.8 Å². The van der Waals surface area contributed by atoms with E-state index in [9.17, 15) is 4.79 Å². The maximum absolute atomic E-state index is 11.0. The zero-order valence-electron chi connectivity index (χ0n) is 13.9. The maximum atomic E-state index is 11.0. The SMILES string of the molecule is [2H]C(=O)c1ccc(O[Si](C(C)C)(C(C)C)C(C)C)cc1. The lowest BCUT2D eigenvalue weighted by molar-refractivity contribution is 0.112. The summed E-state index contributed by atoms with van der Waals surface area (Å²) in [5.74, 6) is 0.817. The molecule has 0 aliphatic carbocycles. The summed E-state index contributed by atoms with van der Waals surface area (Å²) in [5, 5.41) is 0. The Morgan fingerprint density at radius 1 is 1.00 bits per heavy atom. The molecular weight excluding hydrogens is 252 g/mol. The highest BCUT2D eigenvalue weighted by atomic mass is 28.4. The minimum atomic E-state index is -1.94. The zero-order valence-corrected chi connectivity index (χ0v) is 13.9. The monoisotopic (exact) mass is 279 g/mol. The Morgan fingerprint density at radius 2 is 1.42 bits per heavy atom. The Balaban J connectivity index is 3.10. The van der Waals surface area contributed by atoms with E-state index in [1.165, 1.54) is 0 Å². The molecule has 0 saturated heterocycles. The van der Waals surface area contributed by atoms with Crippen molar-refractivity contribution in [3.8, 4) is 5.75 Å². The van der Waals surface area contributed by atoms with Crippen LogP contribution in [0.2, 0.25) is 16.6 Å². The van der Waals surface area contributed by atoms with Gasteiger partial charge in [-0.25, -0.2) is 0 Å². The van der Waals surface area contributed by atoms with Crippen LogP contribution in [-0.2, 0) is 0 Å². The highest BCUT2D eigenvalue weighted by Gasteiger charge is 2.46. The molecule has 0 atom stereocenters. The predicted octanol–water partition coefficient (Wildman–Crippen LogP) is 5.05. The van der Waals surface area contributed by atoms with Crippen LogP contribution in [0.3, 0.4) is 0 Å². The molecule has 0 fully saturated rings. The first-order chi connectivity index (χ1) is 9.21. The topological polar surface area (TPSA) is 26.3 Å². The van der Waals surface area contributed by atoms with E-state index in [1.807, 2.05) is 12.1 Å². The fourth-order valence-corrected chi connectivity index (χ4v) is 8.40. The van der Waals surface area contributed by atoms with Crippen molar-refractivity contribution in [2.75, 3.05) is 0 Å². The van der Waals surface area contributed by atoms with E-state index in [2.05, 4.69) is 41.5 Å². The molecule has 0 aliphatic heterocycles. The fraction of sp³-hybridized carbons (Fsp3) is 0.562. The van der Waals surface area contributed by atoms with Gasteiger partial charge in [0.15, 0.2) is 0 Å². The normalized spacial score (nSPS) is 13.0. The average molecular weight is 279 g/mol. The van der Waals surface area contributed by atoms with E-state index in [1.54, 1.807) is 12.1 Å². The standard InChI is InChI=1S/C16H26O2Si/c1-12(2)19(13(3)4,14(5)6)18-16-9-7-15(11-17)8-10-16/h7-14H,1-6H3/i11D. The van der Waals surface area contributed by atoms with Gasteiger partial charge in [-0.05, 0) is 40.9 Å². The summed E-state index contributed by atoms with van der Waals surface area (Å²) < 4.78 is 13.6. The van der Waals surface area contributed by atoms with Gasteiger partial charge >= 0.3 is 0 Å². The molecule has 1 aromatic carbocycles. The van der Waals surface area contributed by atoms with Gasteiger partial charge in [-0.15, -0.1) is 0 Å². The van der Waals surface area contributed by atoms with E-state index < -0.39 is 14.6 Å². The number of carbonyl (C=O) groups is 1. The molecule has 2 nitrogen and oxygen atoms in total. The first-order valence-corrected chi connectivity index (χ1v) is 9.15. The molecule has 0 radical (unpaired) electrons. The first-order valence-electron chi connectivity index (χ1n) is 7.51. The number of aldehydes is 1. The number of hydrogen-bond acceptors (Lipinski definition) is 2. The van der Waals surface area contributed by atoms with Crippen LogP contribution in [0.5, 0.6) is 5.75 Å². The van der Waals surface area contributed by atoms with Crippen molar-refractivity contribution >= 4 is 14.6 Å². The second-order valence-corrected chi connectivity index (χ2v) is 11.4. The van der Waals surface area contributed by atoms with Gasteiger partial charge < -0.3 is 4.43 Å². The van der Waals surface area contributed by atoms with Gasteiger partial charge in [0.1, 0.15) is 13.4 Å². The summed E-state index contributed by atoms with van der Waals surface area (Å²) in [5.41, 5.74) is 1.95. The van der Waals surface area contributed by atoms with Gasteiger partial charge in [0.05, 0.1) is 0 Å². The van der Waals surface area contributed by atoms with Crippen LogP contribution in [0.1, 0.15) is 53.3 Å². The second kappa shape index (κ2) is 6.37. The van der Waals surface area contributed by atoms with Crippen molar-refractivity contribution in [2.24, 2.45) is 0 Å². The molecule has 0 heterocycles. The smallest absolute Gasteiger partial charge is 0.258 e. The molecule has 0 bridgehead atoms. The summed E-state index contributed by atoms with van der Waals surface area (Å²) in [4.78, 5) is 11.0. The minimum absolute atomic E-state index is 0.406. The molecular formula is C16H26O2Si. The molecule has 0 unspecified atom stereocenters. The van der Waals surface area contributed by atoms with Crippen molar-refractivity contribution < 1.29 is 10.6 Å². The molecule has 0 aromatic heterocycles. The summed E-state index contributed by atoms with van der Waals surface area (Å²) in [6.45, 7) is 13.5. The van der Waals surface area contributed by atoms with Crippen LogP contribution in [0.15, 0.2) is 24.3 Å². The van der Waals surface area contributed by atoms with Gasteiger partial charge in [-0.2, -0.15) is 0 Å². The van der Waals surface area contributed by atoms with Gasteiger partial charge in [-0.3, -0.25) is 4.79 Å². The Labute approximate surface area is 119 Å². The molecule has 1 aromatic rings. The summed E-state index contributed by atoms with van der Waals surface area (Å²) in [7, 11) is -1.94. The number of carbonyl (C=O) groups excluding carboxylic acids is 1. The zero-order chi connectivity index (χ0) is 15.5. The molecule has 3 heteroatoms. The third-order valence-corrected chi connectivity index (χ3v) is 9.98. The molecule has 0 N–H and O–H groups in total. The van der Waals surface area contributed by atoms with E-state index in [4.69, 9.17) is 5.80 Å². The van der Waals surface area contributed by atoms with Crippen molar-refractivity contribution in [1.29, 1.82) is 0 Å². The lowest BCUT2D eigenvalue weighted by atomic mass is 10.2. The summed E-state index contributed by atoms with van der Waals surface area (Å²) >= 11 is 0. The Hall–Kier alpha value is -1.09. The Kier molecular flexibility index (Phi) is 4.80. The molecule has 106 valence electrons. The first kappa shape index (κ1) is 14.3. The number of rotatable bonds is 6. The van der Waals surface area contributed by atoms with E-state index >= 15 is 0 Å². The van der Waals surface area contributed by atoms with Crippen molar-refractivity contribution in [2.45, 2.75) is 58.2 Å². The van der Waals surface area contributed by atoms with Gasteiger partial charge in [0, 0.05) is 5.56 Å². The lowest BCUT2D eigenvalue weighted by Gasteiger charge is -2.42. The second-order valence-electron chi connectivity index (χ2n) is 6.05. The van der Waals surface area contributed by atoms with Crippen LogP contribution >= 0.6 is 0 Å². The highest BCUT2D eigenvalue weighted by molar-refractivity contribution is 6.78. The molecule has 19 heavy (non-hydrogen) atoms. The molecule has 0 spiro atoms. The fourth-order valence-electron chi connectivity index (χ4n) is 3.15. The van der Waals surface area contributed by atoms with Crippen LogP contribution < -0.4 is 4.43 Å². The Morgan fingerprint density at radius 3 is 1.74 bits per heavy atom. The van der Waals surface area contributed by atoms with Crippen LogP contribution in [0.25, 0.3) is 0 Å². The third kappa shape index (κ3) is 3.27. The Bertz CT molecular complexity index is 430. The van der Waals surface area contributed by atoms with Crippen molar-refractivity contribution in [1.82, 2.24) is 0 Å². The number of hydrogen-bond donors (Lipinski definition) is 0. The molecule has 0 amide bonds. The van der Waals surface area contributed by atoms with Crippen LogP contribution in [-0.4, -0.2) is 14.6 Å². The largest absolute Gasteiger partial charge is 0.543 e.